The van der Waals surface area contributed by atoms with Crippen molar-refractivity contribution in [3.63, 3.8) is 0 Å². The molecule has 3 aromatic rings. The van der Waals surface area contributed by atoms with Gasteiger partial charge in [-0.1, -0.05) is 17.3 Å². The Balaban J connectivity index is 1.57. The van der Waals surface area contributed by atoms with Gasteiger partial charge in [0.2, 0.25) is 5.91 Å². The van der Waals surface area contributed by atoms with E-state index in [0.717, 1.165) is 4.68 Å². The number of esters is 1. The third kappa shape index (κ3) is 4.73. The number of aromatic nitrogens is 4. The van der Waals surface area contributed by atoms with E-state index in [1.54, 1.807) is 36.6 Å². The molecule has 3 rings (SSSR count). The Morgan fingerprint density at radius 2 is 2.11 bits per heavy atom. The Bertz CT molecular complexity index is 1030. The average Bonchev–Trinajstić information content (AvgIpc) is 3.08. The molecule has 2 heterocycles. The number of rotatable bonds is 7. The monoisotopic (exact) mass is 387 g/mol. The van der Waals surface area contributed by atoms with Gasteiger partial charge in [-0.25, -0.2) is 9.67 Å². The number of hydrogen-bond donors (Lipinski definition) is 1. The van der Waals surface area contributed by atoms with Gasteiger partial charge in [0.15, 0.2) is 5.13 Å². The number of hydrogen-bond acceptors (Lipinski definition) is 8. The molecule has 1 N–H and O–H groups in total. The first-order chi connectivity index (χ1) is 13.1. The first kappa shape index (κ1) is 18.6. The zero-order chi connectivity index (χ0) is 19.2. The van der Waals surface area contributed by atoms with E-state index in [-0.39, 0.29) is 36.8 Å². The summed E-state index contributed by atoms with van der Waals surface area (Å²) in [6.45, 7) is 2.14. The Hall–Kier alpha value is -3.14. The van der Waals surface area contributed by atoms with Crippen molar-refractivity contribution in [3.05, 3.63) is 45.7 Å². The van der Waals surface area contributed by atoms with Gasteiger partial charge in [-0.2, -0.15) is 0 Å². The van der Waals surface area contributed by atoms with E-state index in [2.05, 4.69) is 20.6 Å². The van der Waals surface area contributed by atoms with Crippen molar-refractivity contribution in [2.75, 3.05) is 11.9 Å². The Labute approximate surface area is 158 Å². The SMILES string of the molecule is CCOC(=O)Cc1csc(NC(=O)CCn2nnc3ccccc3c2=O)n1. The molecule has 0 radical (unpaired) electrons. The van der Waals surface area contributed by atoms with E-state index in [0.29, 0.717) is 28.3 Å². The molecule has 10 heteroatoms. The molecule has 0 aliphatic carbocycles. The number of nitrogens with one attached hydrogen (secondary N) is 1. The summed E-state index contributed by atoms with van der Waals surface area (Å²) >= 11 is 1.22. The third-order valence-corrected chi connectivity index (χ3v) is 4.42. The Morgan fingerprint density at radius 1 is 1.30 bits per heavy atom. The van der Waals surface area contributed by atoms with Crippen molar-refractivity contribution in [2.24, 2.45) is 0 Å². The zero-order valence-electron chi connectivity index (χ0n) is 14.5. The summed E-state index contributed by atoms with van der Waals surface area (Å²) in [4.78, 5) is 40.0. The van der Waals surface area contributed by atoms with Gasteiger partial charge in [-0.3, -0.25) is 14.4 Å². The van der Waals surface area contributed by atoms with Crippen LogP contribution in [0.25, 0.3) is 10.9 Å². The first-order valence-corrected chi connectivity index (χ1v) is 9.17. The van der Waals surface area contributed by atoms with E-state index in [1.165, 1.54) is 11.3 Å². The molecule has 0 spiro atoms. The van der Waals surface area contributed by atoms with Crippen molar-refractivity contribution in [1.29, 1.82) is 0 Å². The molecule has 9 nitrogen and oxygen atoms in total. The van der Waals surface area contributed by atoms with Crippen LogP contribution in [-0.2, 0) is 27.3 Å². The minimum absolute atomic E-state index is 0.0414. The van der Waals surface area contributed by atoms with E-state index >= 15 is 0 Å². The highest BCUT2D eigenvalue weighted by molar-refractivity contribution is 7.13. The fourth-order valence-electron chi connectivity index (χ4n) is 2.36. The molecule has 0 saturated heterocycles. The summed E-state index contributed by atoms with van der Waals surface area (Å²) < 4.78 is 6.02. The van der Waals surface area contributed by atoms with E-state index in [9.17, 15) is 14.4 Å². The summed E-state index contributed by atoms with van der Waals surface area (Å²) in [6.07, 6.45) is 0.0992. The highest BCUT2D eigenvalue weighted by Gasteiger charge is 2.12. The minimum Gasteiger partial charge on any atom is -0.466 e. The van der Waals surface area contributed by atoms with Crippen LogP contribution in [0.15, 0.2) is 34.4 Å². The molecule has 0 atom stereocenters. The second-order valence-corrected chi connectivity index (χ2v) is 6.42. The molecule has 2 aromatic heterocycles. The standard InChI is InChI=1S/C17H17N5O4S/c1-2-26-15(24)9-11-10-27-17(18-11)19-14(23)7-8-22-16(25)12-5-3-4-6-13(12)20-21-22/h3-6,10H,2,7-9H2,1H3,(H,18,19,23). The molecular weight excluding hydrogens is 370 g/mol. The molecule has 1 amide bonds. The number of amides is 1. The highest BCUT2D eigenvalue weighted by Crippen LogP contribution is 2.16. The van der Waals surface area contributed by atoms with Crippen molar-refractivity contribution in [2.45, 2.75) is 26.3 Å². The maximum atomic E-state index is 12.3. The summed E-state index contributed by atoms with van der Waals surface area (Å²) in [5.41, 5.74) is 0.754. The number of benzene rings is 1. The lowest BCUT2D eigenvalue weighted by Gasteiger charge is -2.05. The quantitative estimate of drug-likeness (QED) is 0.609. The summed E-state index contributed by atoms with van der Waals surface area (Å²) in [5, 5.41) is 13.0. The number of nitrogens with zero attached hydrogens (tertiary/aromatic N) is 4. The van der Waals surface area contributed by atoms with E-state index < -0.39 is 0 Å². The zero-order valence-corrected chi connectivity index (χ0v) is 15.4. The molecule has 0 bridgehead atoms. The molecule has 140 valence electrons. The normalized spacial score (nSPS) is 10.7. The maximum Gasteiger partial charge on any atom is 0.311 e. The van der Waals surface area contributed by atoms with Gasteiger partial charge in [-0.15, -0.1) is 16.4 Å². The predicted octanol–water partition coefficient (Wildman–Crippen LogP) is 1.38. The summed E-state index contributed by atoms with van der Waals surface area (Å²) in [7, 11) is 0. The number of thiazole rings is 1. The van der Waals surface area contributed by atoms with Gasteiger partial charge in [0.25, 0.3) is 5.56 Å². The van der Waals surface area contributed by atoms with Crippen LogP contribution < -0.4 is 10.9 Å². The first-order valence-electron chi connectivity index (χ1n) is 8.29. The van der Waals surface area contributed by atoms with Gasteiger partial charge in [0.05, 0.1) is 30.7 Å². The van der Waals surface area contributed by atoms with Crippen LogP contribution in [0.1, 0.15) is 19.0 Å². The number of aryl methyl sites for hydroxylation is 1. The number of carbonyl (C=O) groups excluding carboxylic acids is 2. The summed E-state index contributed by atoms with van der Waals surface area (Å²) in [6, 6.07) is 6.90. The van der Waals surface area contributed by atoms with Gasteiger partial charge >= 0.3 is 5.97 Å². The molecule has 1 aromatic carbocycles. The second kappa shape index (κ2) is 8.49. The Kier molecular flexibility index (Phi) is 5.87. The van der Waals surface area contributed by atoms with Crippen LogP contribution in [-0.4, -0.2) is 38.5 Å². The molecular formula is C17H17N5O4S. The van der Waals surface area contributed by atoms with Crippen molar-refractivity contribution < 1.29 is 14.3 Å². The summed E-state index contributed by atoms with van der Waals surface area (Å²) in [5.74, 6) is -0.677. The largest absolute Gasteiger partial charge is 0.466 e. The minimum atomic E-state index is -0.366. The molecule has 0 unspecified atom stereocenters. The van der Waals surface area contributed by atoms with Crippen LogP contribution in [0, 0.1) is 0 Å². The molecule has 0 aliphatic rings. The van der Waals surface area contributed by atoms with E-state index in [1.807, 2.05) is 0 Å². The highest BCUT2D eigenvalue weighted by atomic mass is 32.1. The maximum absolute atomic E-state index is 12.3. The van der Waals surface area contributed by atoms with Crippen LogP contribution in [0.4, 0.5) is 5.13 Å². The molecule has 0 aliphatic heterocycles. The lowest BCUT2D eigenvalue weighted by molar-refractivity contribution is -0.142. The third-order valence-electron chi connectivity index (χ3n) is 3.61. The topological polar surface area (TPSA) is 116 Å². The smallest absolute Gasteiger partial charge is 0.311 e. The van der Waals surface area contributed by atoms with Crippen molar-refractivity contribution in [1.82, 2.24) is 20.0 Å². The number of anilines is 1. The van der Waals surface area contributed by atoms with Crippen LogP contribution in [0.3, 0.4) is 0 Å². The average molecular weight is 387 g/mol. The van der Waals surface area contributed by atoms with Gasteiger partial charge in [-0.05, 0) is 19.1 Å². The van der Waals surface area contributed by atoms with Crippen LogP contribution in [0.2, 0.25) is 0 Å². The van der Waals surface area contributed by atoms with Gasteiger partial charge in [0.1, 0.15) is 5.52 Å². The molecule has 27 heavy (non-hydrogen) atoms. The lowest BCUT2D eigenvalue weighted by Crippen LogP contribution is -2.26. The van der Waals surface area contributed by atoms with Crippen molar-refractivity contribution >= 4 is 39.2 Å². The number of ether oxygens (including phenoxy) is 1. The lowest BCUT2D eigenvalue weighted by atomic mass is 10.2. The van der Waals surface area contributed by atoms with Gasteiger partial charge < -0.3 is 10.1 Å². The molecule has 0 saturated carbocycles. The Morgan fingerprint density at radius 3 is 2.93 bits per heavy atom. The number of carbonyl (C=O) groups is 2. The van der Waals surface area contributed by atoms with Crippen LogP contribution >= 0.6 is 11.3 Å². The van der Waals surface area contributed by atoms with Crippen LogP contribution in [0.5, 0.6) is 0 Å². The second-order valence-electron chi connectivity index (χ2n) is 5.56. The fourth-order valence-corrected chi connectivity index (χ4v) is 3.09. The number of fused-ring (bicyclic) bond motifs is 1. The van der Waals surface area contributed by atoms with E-state index in [4.69, 9.17) is 4.74 Å². The fraction of sp³-hybridized carbons (Fsp3) is 0.294. The van der Waals surface area contributed by atoms with Crippen molar-refractivity contribution in [3.8, 4) is 0 Å². The predicted molar refractivity (Wildman–Crippen MR) is 99.5 cm³/mol. The molecule has 0 fully saturated rings. The van der Waals surface area contributed by atoms with Gasteiger partial charge in [0, 0.05) is 11.8 Å².